The van der Waals surface area contributed by atoms with E-state index in [2.05, 4.69) is 4.90 Å². The quantitative estimate of drug-likeness (QED) is 0.624. The number of ketones is 1. The first kappa shape index (κ1) is 23.0. The molecule has 2 aliphatic rings. The zero-order valence-electron chi connectivity index (χ0n) is 18.7. The predicted molar refractivity (Wildman–Crippen MR) is 123 cm³/mol. The molecule has 4 rings (SSSR count). The molecule has 174 valence electrons. The third-order valence-electron chi connectivity index (χ3n) is 6.25. The Morgan fingerprint density at radius 2 is 1.52 bits per heavy atom. The second-order valence-electron chi connectivity index (χ2n) is 8.48. The lowest BCUT2D eigenvalue weighted by Crippen LogP contribution is -2.55. The molecule has 2 saturated heterocycles. The number of carbonyl (C=O) groups is 3. The highest BCUT2D eigenvalue weighted by atomic mass is 32.2. The molecular weight excluding hydrogens is 442 g/mol. The standard InChI is InChI=1S/C24H27N3O5S/c1-17-3-9-21(10-4-17)33(31,32)27-22(11-12-23(27)29)24(30)26-15-13-25(14-16-26)20-7-5-19(6-8-20)18(2)28/h3-10,22H,11-16H2,1-2H3/t22-/m0/s1. The van der Waals surface area contributed by atoms with E-state index in [9.17, 15) is 22.8 Å². The zero-order chi connectivity index (χ0) is 23.8. The smallest absolute Gasteiger partial charge is 0.267 e. The summed E-state index contributed by atoms with van der Waals surface area (Å²) in [6.45, 7) is 5.39. The molecule has 0 unspecified atom stereocenters. The average molecular weight is 470 g/mol. The van der Waals surface area contributed by atoms with Crippen LogP contribution in [0.5, 0.6) is 0 Å². The molecule has 0 radical (unpaired) electrons. The van der Waals surface area contributed by atoms with Crippen molar-refractivity contribution in [1.82, 2.24) is 9.21 Å². The van der Waals surface area contributed by atoms with E-state index in [0.29, 0.717) is 31.7 Å². The monoisotopic (exact) mass is 469 g/mol. The highest BCUT2D eigenvalue weighted by Crippen LogP contribution is 2.29. The Balaban J connectivity index is 1.46. The Labute approximate surface area is 193 Å². The molecule has 0 N–H and O–H groups in total. The van der Waals surface area contributed by atoms with Crippen molar-refractivity contribution in [1.29, 1.82) is 0 Å². The first-order chi connectivity index (χ1) is 15.7. The average Bonchev–Trinajstić information content (AvgIpc) is 3.21. The van der Waals surface area contributed by atoms with Crippen LogP contribution in [0.3, 0.4) is 0 Å². The van der Waals surface area contributed by atoms with Gasteiger partial charge < -0.3 is 9.80 Å². The summed E-state index contributed by atoms with van der Waals surface area (Å²) in [5.74, 6) is -0.866. The molecule has 1 atom stereocenters. The molecule has 2 aliphatic heterocycles. The van der Waals surface area contributed by atoms with Crippen molar-refractivity contribution in [3.8, 4) is 0 Å². The molecule has 2 amide bonds. The Morgan fingerprint density at radius 3 is 2.09 bits per heavy atom. The topological polar surface area (TPSA) is 95.1 Å². The maximum absolute atomic E-state index is 13.3. The second kappa shape index (κ2) is 8.97. The van der Waals surface area contributed by atoms with E-state index in [1.807, 2.05) is 19.1 Å². The van der Waals surface area contributed by atoms with Crippen LogP contribution >= 0.6 is 0 Å². The van der Waals surface area contributed by atoms with E-state index >= 15 is 0 Å². The van der Waals surface area contributed by atoms with Gasteiger partial charge in [-0.05, 0) is 56.7 Å². The van der Waals surface area contributed by atoms with Crippen molar-refractivity contribution in [3.05, 3.63) is 59.7 Å². The summed E-state index contributed by atoms with van der Waals surface area (Å²) in [7, 11) is -4.10. The SMILES string of the molecule is CC(=O)c1ccc(N2CCN(C(=O)[C@@H]3CCC(=O)N3S(=O)(=O)c3ccc(C)cc3)CC2)cc1. The van der Waals surface area contributed by atoms with Gasteiger partial charge in [0.15, 0.2) is 5.78 Å². The minimum absolute atomic E-state index is 0.00761. The number of benzene rings is 2. The maximum Gasteiger partial charge on any atom is 0.267 e. The number of amides is 2. The number of hydrogen-bond donors (Lipinski definition) is 0. The number of rotatable bonds is 5. The van der Waals surface area contributed by atoms with Gasteiger partial charge in [-0.3, -0.25) is 14.4 Å². The minimum atomic E-state index is -4.10. The van der Waals surface area contributed by atoms with Gasteiger partial charge in [0.1, 0.15) is 6.04 Å². The van der Waals surface area contributed by atoms with Crippen LogP contribution in [0.15, 0.2) is 53.4 Å². The highest BCUT2D eigenvalue weighted by Gasteiger charge is 2.45. The lowest BCUT2D eigenvalue weighted by Gasteiger charge is -2.38. The number of sulfonamides is 1. The minimum Gasteiger partial charge on any atom is -0.368 e. The van der Waals surface area contributed by atoms with E-state index in [1.54, 1.807) is 29.2 Å². The zero-order valence-corrected chi connectivity index (χ0v) is 19.5. The number of Topliss-reactive ketones (excluding diaryl/α,β-unsaturated/α-hetero) is 1. The Bertz CT molecular complexity index is 1170. The molecule has 0 saturated carbocycles. The van der Waals surface area contributed by atoms with Crippen LogP contribution in [0.2, 0.25) is 0 Å². The molecule has 2 heterocycles. The summed E-state index contributed by atoms with van der Waals surface area (Å²) < 4.78 is 27.1. The van der Waals surface area contributed by atoms with Crippen LogP contribution < -0.4 is 4.90 Å². The fourth-order valence-electron chi connectivity index (χ4n) is 4.31. The molecule has 8 nitrogen and oxygen atoms in total. The normalized spacial score (nSPS) is 19.2. The Kier molecular flexibility index (Phi) is 6.25. The van der Waals surface area contributed by atoms with E-state index < -0.39 is 22.0 Å². The van der Waals surface area contributed by atoms with Gasteiger partial charge in [0.2, 0.25) is 11.8 Å². The first-order valence-electron chi connectivity index (χ1n) is 11.0. The molecule has 2 fully saturated rings. The molecule has 2 aromatic carbocycles. The van der Waals surface area contributed by atoms with Crippen molar-refractivity contribution in [2.24, 2.45) is 0 Å². The molecule has 0 spiro atoms. The van der Waals surface area contributed by atoms with Crippen LogP contribution in [0.4, 0.5) is 5.69 Å². The van der Waals surface area contributed by atoms with Gasteiger partial charge in [0, 0.05) is 43.9 Å². The number of carbonyl (C=O) groups excluding carboxylic acids is 3. The molecule has 0 aliphatic carbocycles. The number of nitrogens with zero attached hydrogens (tertiary/aromatic N) is 3. The van der Waals surface area contributed by atoms with Crippen molar-refractivity contribution >= 4 is 33.3 Å². The molecule has 0 bridgehead atoms. The number of piperazine rings is 1. The van der Waals surface area contributed by atoms with Gasteiger partial charge in [-0.15, -0.1) is 0 Å². The maximum atomic E-state index is 13.3. The molecule has 33 heavy (non-hydrogen) atoms. The van der Waals surface area contributed by atoms with Crippen LogP contribution in [-0.2, 0) is 19.6 Å². The molecule has 2 aromatic rings. The molecule has 0 aromatic heterocycles. The largest absolute Gasteiger partial charge is 0.368 e. The van der Waals surface area contributed by atoms with Gasteiger partial charge in [0.25, 0.3) is 10.0 Å². The van der Waals surface area contributed by atoms with E-state index in [1.165, 1.54) is 19.1 Å². The van der Waals surface area contributed by atoms with Crippen LogP contribution in [0.1, 0.15) is 35.7 Å². The van der Waals surface area contributed by atoms with Crippen molar-refractivity contribution < 1.29 is 22.8 Å². The third-order valence-corrected chi connectivity index (χ3v) is 8.10. The summed E-state index contributed by atoms with van der Waals surface area (Å²) in [5.41, 5.74) is 2.52. The van der Waals surface area contributed by atoms with Crippen molar-refractivity contribution in [3.63, 3.8) is 0 Å². The third kappa shape index (κ3) is 4.50. The van der Waals surface area contributed by atoms with Crippen molar-refractivity contribution in [2.45, 2.75) is 37.6 Å². The lowest BCUT2D eigenvalue weighted by molar-refractivity contribution is -0.138. The van der Waals surface area contributed by atoms with E-state index in [4.69, 9.17) is 0 Å². The highest BCUT2D eigenvalue weighted by molar-refractivity contribution is 7.89. The fraction of sp³-hybridized carbons (Fsp3) is 0.375. The van der Waals surface area contributed by atoms with E-state index in [-0.39, 0.29) is 29.4 Å². The van der Waals surface area contributed by atoms with Gasteiger partial charge in [0.05, 0.1) is 4.90 Å². The first-order valence-corrected chi connectivity index (χ1v) is 12.4. The molecule has 9 heteroatoms. The van der Waals surface area contributed by atoms with Crippen molar-refractivity contribution in [2.75, 3.05) is 31.1 Å². The van der Waals surface area contributed by atoms with Gasteiger partial charge in [-0.1, -0.05) is 17.7 Å². The van der Waals surface area contributed by atoms with Crippen LogP contribution in [-0.4, -0.2) is 67.4 Å². The number of aryl methyl sites for hydroxylation is 1. The van der Waals surface area contributed by atoms with Gasteiger partial charge in [-0.25, -0.2) is 12.7 Å². The second-order valence-corrected chi connectivity index (χ2v) is 10.3. The number of anilines is 1. The summed E-state index contributed by atoms with van der Waals surface area (Å²) in [6, 6.07) is 12.6. The predicted octanol–water partition coefficient (Wildman–Crippen LogP) is 2.23. The van der Waals surface area contributed by atoms with Crippen LogP contribution in [0.25, 0.3) is 0 Å². The summed E-state index contributed by atoms with van der Waals surface area (Å²) >= 11 is 0. The van der Waals surface area contributed by atoms with Gasteiger partial charge >= 0.3 is 0 Å². The van der Waals surface area contributed by atoms with Gasteiger partial charge in [-0.2, -0.15) is 0 Å². The fourth-order valence-corrected chi connectivity index (χ4v) is 5.91. The molecular formula is C24H27N3O5S. The summed E-state index contributed by atoms with van der Waals surface area (Å²) in [5, 5.41) is 0. The summed E-state index contributed by atoms with van der Waals surface area (Å²) in [4.78, 5) is 41.0. The number of hydrogen-bond acceptors (Lipinski definition) is 6. The van der Waals surface area contributed by atoms with Crippen LogP contribution in [0, 0.1) is 6.92 Å². The lowest BCUT2D eigenvalue weighted by atomic mass is 10.1. The Hall–Kier alpha value is -3.20. The summed E-state index contributed by atoms with van der Waals surface area (Å²) in [6.07, 6.45) is 0.222. The Morgan fingerprint density at radius 1 is 0.909 bits per heavy atom. The van der Waals surface area contributed by atoms with E-state index in [0.717, 1.165) is 15.6 Å².